The summed E-state index contributed by atoms with van der Waals surface area (Å²) in [5.74, 6) is -2.05. The van der Waals surface area contributed by atoms with Crippen LogP contribution in [0.25, 0.3) is 0 Å². The van der Waals surface area contributed by atoms with Crippen LogP contribution in [0, 0.1) is 11.7 Å². The van der Waals surface area contributed by atoms with Gasteiger partial charge in [0.05, 0.1) is 24.2 Å². The molecule has 0 aliphatic carbocycles. The second-order valence-corrected chi connectivity index (χ2v) is 6.36. The van der Waals surface area contributed by atoms with Crippen molar-refractivity contribution < 1.29 is 19.1 Å². The first-order chi connectivity index (χ1) is 12.5. The number of carboxylic acid groups (broad SMARTS) is 1. The highest BCUT2D eigenvalue weighted by molar-refractivity contribution is 5.93. The van der Waals surface area contributed by atoms with Crippen LogP contribution >= 0.6 is 0 Å². The fourth-order valence-electron chi connectivity index (χ4n) is 3.16. The van der Waals surface area contributed by atoms with E-state index in [0.717, 1.165) is 25.1 Å². The average molecular weight is 357 g/mol. The number of nitrogens with one attached hydrogen (secondary N) is 1. The van der Waals surface area contributed by atoms with E-state index in [2.05, 4.69) is 15.2 Å². The van der Waals surface area contributed by atoms with Crippen molar-refractivity contribution in [2.75, 3.05) is 23.3 Å². The summed E-state index contributed by atoms with van der Waals surface area (Å²) in [5, 5.41) is 11.6. The maximum atomic E-state index is 13.7. The standard InChI is InChI=1S/C19H20FN3O3/c20-17-6-5-15(9-14(17)10-18(24)25)22-19(26)13-3-2-8-23(12-13)16-4-1-7-21-11-16/h1,4-7,9,11,13H,2-3,8,10,12H2,(H,22,26)(H,24,25)/t13-/m0/s1. The first-order valence-corrected chi connectivity index (χ1v) is 8.49. The molecule has 0 bridgehead atoms. The van der Waals surface area contributed by atoms with Crippen LogP contribution in [0.2, 0.25) is 0 Å². The van der Waals surface area contributed by atoms with E-state index in [9.17, 15) is 14.0 Å². The van der Waals surface area contributed by atoms with Crippen LogP contribution in [0.3, 0.4) is 0 Å². The van der Waals surface area contributed by atoms with Gasteiger partial charge < -0.3 is 15.3 Å². The van der Waals surface area contributed by atoms with Gasteiger partial charge in [-0.2, -0.15) is 0 Å². The van der Waals surface area contributed by atoms with Crippen LogP contribution in [0.4, 0.5) is 15.8 Å². The van der Waals surface area contributed by atoms with Gasteiger partial charge in [0, 0.05) is 30.5 Å². The Morgan fingerprint density at radius 2 is 2.19 bits per heavy atom. The van der Waals surface area contributed by atoms with Gasteiger partial charge >= 0.3 is 5.97 Å². The minimum Gasteiger partial charge on any atom is -0.481 e. The molecule has 1 aromatic heterocycles. The molecule has 0 spiro atoms. The maximum absolute atomic E-state index is 13.7. The average Bonchev–Trinajstić information content (AvgIpc) is 2.65. The van der Waals surface area contributed by atoms with E-state index >= 15 is 0 Å². The van der Waals surface area contributed by atoms with E-state index in [1.54, 1.807) is 12.4 Å². The fraction of sp³-hybridized carbons (Fsp3) is 0.316. The van der Waals surface area contributed by atoms with Gasteiger partial charge in [-0.3, -0.25) is 14.6 Å². The summed E-state index contributed by atoms with van der Waals surface area (Å²) in [6, 6.07) is 7.83. The molecule has 2 N–H and O–H groups in total. The third-order valence-corrected chi connectivity index (χ3v) is 4.46. The molecule has 0 radical (unpaired) electrons. The van der Waals surface area contributed by atoms with E-state index in [-0.39, 0.29) is 17.4 Å². The van der Waals surface area contributed by atoms with Gasteiger partial charge in [-0.15, -0.1) is 0 Å². The molecule has 1 saturated heterocycles. The number of hydrogen-bond acceptors (Lipinski definition) is 4. The number of halogens is 1. The number of hydrogen-bond donors (Lipinski definition) is 2. The molecule has 1 aliphatic rings. The van der Waals surface area contributed by atoms with E-state index in [4.69, 9.17) is 5.11 Å². The summed E-state index contributed by atoms with van der Waals surface area (Å²) in [6.07, 6.45) is 4.72. The summed E-state index contributed by atoms with van der Waals surface area (Å²) in [5.41, 5.74) is 1.44. The van der Waals surface area contributed by atoms with Crippen LogP contribution in [-0.4, -0.2) is 35.1 Å². The molecular formula is C19H20FN3O3. The fourth-order valence-corrected chi connectivity index (χ4v) is 3.16. The van der Waals surface area contributed by atoms with Gasteiger partial charge in [0.15, 0.2) is 0 Å². The van der Waals surface area contributed by atoms with Crippen molar-refractivity contribution in [2.45, 2.75) is 19.3 Å². The first kappa shape index (κ1) is 17.8. The zero-order valence-corrected chi connectivity index (χ0v) is 14.2. The van der Waals surface area contributed by atoms with Gasteiger partial charge in [-0.25, -0.2) is 4.39 Å². The number of rotatable bonds is 5. The summed E-state index contributed by atoms with van der Waals surface area (Å²) in [4.78, 5) is 29.6. The lowest BCUT2D eigenvalue weighted by Gasteiger charge is -2.33. The van der Waals surface area contributed by atoms with Crippen molar-refractivity contribution >= 4 is 23.3 Å². The van der Waals surface area contributed by atoms with Crippen molar-refractivity contribution in [3.05, 3.63) is 54.1 Å². The largest absolute Gasteiger partial charge is 0.481 e. The number of pyridine rings is 1. The molecule has 2 aromatic rings. The number of nitrogens with zero attached hydrogens (tertiary/aromatic N) is 2. The molecular weight excluding hydrogens is 337 g/mol. The highest BCUT2D eigenvalue weighted by atomic mass is 19.1. The Kier molecular flexibility index (Phi) is 5.46. The van der Waals surface area contributed by atoms with Gasteiger partial charge in [0.2, 0.25) is 5.91 Å². The molecule has 7 heteroatoms. The van der Waals surface area contributed by atoms with Crippen LogP contribution in [-0.2, 0) is 16.0 Å². The van der Waals surface area contributed by atoms with Crippen molar-refractivity contribution in [3.63, 3.8) is 0 Å². The third-order valence-electron chi connectivity index (χ3n) is 4.46. The number of anilines is 2. The molecule has 1 amide bonds. The number of aliphatic carboxylic acids is 1. The Bertz CT molecular complexity index is 798. The van der Waals surface area contributed by atoms with Gasteiger partial charge in [0.1, 0.15) is 5.82 Å². The Morgan fingerprint density at radius 3 is 2.92 bits per heavy atom. The highest BCUT2D eigenvalue weighted by Crippen LogP contribution is 2.24. The molecule has 1 aromatic carbocycles. The predicted octanol–water partition coefficient (Wildman–Crippen LogP) is 2.70. The molecule has 6 nitrogen and oxygen atoms in total. The predicted molar refractivity (Wildman–Crippen MR) is 95.5 cm³/mol. The normalized spacial score (nSPS) is 17.0. The Hall–Kier alpha value is -2.96. The Labute approximate surface area is 150 Å². The lowest BCUT2D eigenvalue weighted by molar-refractivity contribution is -0.136. The van der Waals surface area contributed by atoms with Crippen LogP contribution in [0.5, 0.6) is 0 Å². The minimum atomic E-state index is -1.12. The number of amides is 1. The number of carbonyl (C=O) groups excluding carboxylic acids is 1. The zero-order valence-electron chi connectivity index (χ0n) is 14.2. The Morgan fingerprint density at radius 1 is 1.35 bits per heavy atom. The van der Waals surface area contributed by atoms with Crippen LogP contribution in [0.15, 0.2) is 42.7 Å². The number of aromatic nitrogens is 1. The zero-order chi connectivity index (χ0) is 18.5. The molecule has 0 saturated carbocycles. The second-order valence-electron chi connectivity index (χ2n) is 6.36. The monoisotopic (exact) mass is 357 g/mol. The van der Waals surface area contributed by atoms with E-state index in [0.29, 0.717) is 12.2 Å². The topological polar surface area (TPSA) is 82.5 Å². The number of benzene rings is 1. The summed E-state index contributed by atoms with van der Waals surface area (Å²) in [6.45, 7) is 1.45. The molecule has 1 aliphatic heterocycles. The summed E-state index contributed by atoms with van der Waals surface area (Å²) >= 11 is 0. The molecule has 3 rings (SSSR count). The summed E-state index contributed by atoms with van der Waals surface area (Å²) < 4.78 is 13.7. The SMILES string of the molecule is O=C(O)Cc1cc(NC(=O)[C@H]2CCCN(c3cccnc3)C2)ccc1F. The quantitative estimate of drug-likeness (QED) is 0.860. The molecule has 1 atom stereocenters. The van der Waals surface area contributed by atoms with E-state index < -0.39 is 18.2 Å². The number of piperidine rings is 1. The first-order valence-electron chi connectivity index (χ1n) is 8.49. The third kappa shape index (κ3) is 4.36. The van der Waals surface area contributed by atoms with Crippen LogP contribution in [0.1, 0.15) is 18.4 Å². The van der Waals surface area contributed by atoms with Crippen LogP contribution < -0.4 is 10.2 Å². The van der Waals surface area contributed by atoms with Crippen molar-refractivity contribution in [3.8, 4) is 0 Å². The highest BCUT2D eigenvalue weighted by Gasteiger charge is 2.26. The summed E-state index contributed by atoms with van der Waals surface area (Å²) in [7, 11) is 0. The number of carbonyl (C=O) groups is 2. The van der Waals surface area contributed by atoms with Crippen molar-refractivity contribution in [1.29, 1.82) is 0 Å². The molecule has 136 valence electrons. The van der Waals surface area contributed by atoms with Crippen molar-refractivity contribution in [1.82, 2.24) is 4.98 Å². The molecule has 0 unspecified atom stereocenters. The minimum absolute atomic E-state index is 0.0518. The van der Waals surface area contributed by atoms with Gasteiger partial charge in [0.25, 0.3) is 0 Å². The molecule has 1 fully saturated rings. The van der Waals surface area contributed by atoms with E-state index in [1.165, 1.54) is 18.2 Å². The lowest BCUT2D eigenvalue weighted by Crippen LogP contribution is -2.40. The maximum Gasteiger partial charge on any atom is 0.307 e. The molecule has 2 heterocycles. The Balaban J connectivity index is 1.67. The molecule has 26 heavy (non-hydrogen) atoms. The second kappa shape index (κ2) is 7.95. The van der Waals surface area contributed by atoms with E-state index in [1.807, 2.05) is 12.1 Å². The van der Waals surface area contributed by atoms with Crippen molar-refractivity contribution in [2.24, 2.45) is 5.92 Å². The lowest BCUT2D eigenvalue weighted by atomic mass is 9.96. The van der Waals surface area contributed by atoms with Gasteiger partial charge in [-0.05, 0) is 43.2 Å². The smallest absolute Gasteiger partial charge is 0.307 e. The van der Waals surface area contributed by atoms with Gasteiger partial charge in [-0.1, -0.05) is 0 Å². The number of carboxylic acids is 1.